The number of sulfonamides is 1. The smallest absolute Gasteiger partial charge is 0.265 e. The molecule has 2 aromatic carbocycles. The summed E-state index contributed by atoms with van der Waals surface area (Å²) in [4.78, 5) is 8.42. The molecular formula is C16H15N3O3S. The molecule has 1 N–H and O–H groups in total. The Hall–Kier alpha value is -2.67. The van der Waals surface area contributed by atoms with E-state index in [0.717, 1.165) is 5.56 Å². The molecule has 3 aromatic rings. The van der Waals surface area contributed by atoms with E-state index in [-0.39, 0.29) is 4.90 Å². The zero-order valence-electron chi connectivity index (χ0n) is 12.6. The predicted octanol–water partition coefficient (Wildman–Crippen LogP) is 2.75. The Balaban J connectivity index is 2.01. The molecule has 0 unspecified atom stereocenters. The van der Waals surface area contributed by atoms with Crippen LogP contribution in [0.25, 0.3) is 11.0 Å². The Morgan fingerprint density at radius 3 is 2.48 bits per heavy atom. The monoisotopic (exact) mass is 329 g/mol. The number of hydrogen-bond donors (Lipinski definition) is 1. The van der Waals surface area contributed by atoms with Gasteiger partial charge >= 0.3 is 0 Å². The maximum atomic E-state index is 12.6. The van der Waals surface area contributed by atoms with Crippen LogP contribution >= 0.6 is 0 Å². The van der Waals surface area contributed by atoms with Crippen LogP contribution < -0.4 is 9.46 Å². The van der Waals surface area contributed by atoms with Gasteiger partial charge in [0.2, 0.25) is 0 Å². The molecule has 1 heterocycles. The van der Waals surface area contributed by atoms with Crippen molar-refractivity contribution >= 4 is 26.7 Å². The van der Waals surface area contributed by atoms with Gasteiger partial charge in [0.25, 0.3) is 10.0 Å². The number of rotatable bonds is 4. The van der Waals surface area contributed by atoms with Crippen LogP contribution in [0.1, 0.15) is 5.56 Å². The van der Waals surface area contributed by atoms with Gasteiger partial charge in [-0.1, -0.05) is 6.07 Å². The lowest BCUT2D eigenvalue weighted by atomic mass is 10.2. The van der Waals surface area contributed by atoms with Crippen molar-refractivity contribution in [2.45, 2.75) is 11.8 Å². The maximum Gasteiger partial charge on any atom is 0.265 e. The first kappa shape index (κ1) is 15.2. The second-order valence-electron chi connectivity index (χ2n) is 5.02. The summed E-state index contributed by atoms with van der Waals surface area (Å²) in [7, 11) is -2.33. The minimum absolute atomic E-state index is 0.0965. The third-order valence-electron chi connectivity index (χ3n) is 3.33. The van der Waals surface area contributed by atoms with Gasteiger partial charge in [-0.15, -0.1) is 0 Å². The Kier molecular flexibility index (Phi) is 3.87. The molecule has 0 saturated carbocycles. The minimum Gasteiger partial charge on any atom is -0.495 e. The van der Waals surface area contributed by atoms with Crippen molar-refractivity contribution in [3.05, 3.63) is 54.4 Å². The molecule has 118 valence electrons. The summed E-state index contributed by atoms with van der Waals surface area (Å²) in [5.41, 5.74) is 2.56. The molecular weight excluding hydrogens is 314 g/mol. The number of ether oxygens (including phenoxy) is 1. The summed E-state index contributed by atoms with van der Waals surface area (Å²) in [6.45, 7) is 1.82. The van der Waals surface area contributed by atoms with Gasteiger partial charge in [0, 0.05) is 12.4 Å². The molecule has 0 atom stereocenters. The van der Waals surface area contributed by atoms with Crippen LogP contribution in [0.15, 0.2) is 53.7 Å². The Morgan fingerprint density at radius 1 is 1.00 bits per heavy atom. The number of aromatic nitrogens is 2. The number of nitrogens with zero attached hydrogens (tertiary/aromatic N) is 2. The highest BCUT2D eigenvalue weighted by Crippen LogP contribution is 2.27. The van der Waals surface area contributed by atoms with Crippen LogP contribution in [0, 0.1) is 6.92 Å². The summed E-state index contributed by atoms with van der Waals surface area (Å²) < 4.78 is 33.0. The van der Waals surface area contributed by atoms with Gasteiger partial charge in [0.15, 0.2) is 0 Å². The highest BCUT2D eigenvalue weighted by molar-refractivity contribution is 7.92. The number of hydrogen-bond acceptors (Lipinski definition) is 5. The third-order valence-corrected chi connectivity index (χ3v) is 4.73. The molecule has 1 aromatic heterocycles. The largest absolute Gasteiger partial charge is 0.495 e. The predicted molar refractivity (Wildman–Crippen MR) is 88.1 cm³/mol. The normalized spacial score (nSPS) is 11.4. The fraction of sp³-hybridized carbons (Fsp3) is 0.125. The number of methoxy groups -OCH3 is 1. The number of aryl methyl sites for hydroxylation is 1. The van der Waals surface area contributed by atoms with Gasteiger partial charge in [0.05, 0.1) is 23.8 Å². The lowest BCUT2D eigenvalue weighted by Gasteiger charge is -2.12. The molecule has 0 saturated heterocycles. The van der Waals surface area contributed by atoms with Crippen LogP contribution in [0.4, 0.5) is 5.69 Å². The average molecular weight is 329 g/mol. The van der Waals surface area contributed by atoms with Crippen LogP contribution in [-0.4, -0.2) is 25.5 Å². The molecule has 0 amide bonds. The van der Waals surface area contributed by atoms with E-state index in [1.807, 2.05) is 6.92 Å². The summed E-state index contributed by atoms with van der Waals surface area (Å²) >= 11 is 0. The van der Waals surface area contributed by atoms with Crippen molar-refractivity contribution < 1.29 is 13.2 Å². The first-order chi connectivity index (χ1) is 11.0. The van der Waals surface area contributed by atoms with Crippen molar-refractivity contribution in [2.24, 2.45) is 0 Å². The third kappa shape index (κ3) is 3.09. The fourth-order valence-electron chi connectivity index (χ4n) is 2.23. The second-order valence-corrected chi connectivity index (χ2v) is 6.67. The topological polar surface area (TPSA) is 81.2 Å². The molecule has 3 rings (SSSR count). The Bertz CT molecular complexity index is 971. The quantitative estimate of drug-likeness (QED) is 0.796. The first-order valence-corrected chi connectivity index (χ1v) is 8.36. The van der Waals surface area contributed by atoms with Crippen LogP contribution in [-0.2, 0) is 10.0 Å². The van der Waals surface area contributed by atoms with Crippen molar-refractivity contribution in [1.82, 2.24) is 9.97 Å². The fourth-order valence-corrected chi connectivity index (χ4v) is 3.54. The lowest BCUT2D eigenvalue weighted by Crippen LogP contribution is -2.14. The molecule has 0 fully saturated rings. The van der Waals surface area contributed by atoms with Crippen LogP contribution in [0.5, 0.6) is 5.75 Å². The van der Waals surface area contributed by atoms with E-state index in [1.165, 1.54) is 7.11 Å². The molecule has 0 spiro atoms. The molecule has 0 aliphatic carbocycles. The zero-order valence-corrected chi connectivity index (χ0v) is 13.5. The first-order valence-electron chi connectivity index (χ1n) is 6.88. The van der Waals surface area contributed by atoms with Crippen molar-refractivity contribution in [3.63, 3.8) is 0 Å². The minimum atomic E-state index is -3.77. The standard InChI is InChI=1S/C16H15N3O3S/c1-11-3-6-15(22-2)16(9-11)23(20,21)19-12-4-5-13-14(10-12)18-8-7-17-13/h3-10,19H,1-2H3. The van der Waals surface area contributed by atoms with E-state index in [2.05, 4.69) is 14.7 Å². The van der Waals surface area contributed by atoms with Gasteiger partial charge < -0.3 is 4.74 Å². The van der Waals surface area contributed by atoms with Gasteiger partial charge in [-0.3, -0.25) is 14.7 Å². The second kappa shape index (κ2) is 5.85. The molecule has 0 aliphatic rings. The average Bonchev–Trinajstić information content (AvgIpc) is 2.54. The molecule has 0 aliphatic heterocycles. The SMILES string of the molecule is COc1ccc(C)cc1S(=O)(=O)Nc1ccc2nccnc2c1. The van der Waals surface area contributed by atoms with Crippen molar-refractivity contribution in [3.8, 4) is 5.75 Å². The van der Waals surface area contributed by atoms with Crippen molar-refractivity contribution in [2.75, 3.05) is 11.8 Å². The summed E-state index contributed by atoms with van der Waals surface area (Å²) in [5.74, 6) is 0.295. The molecule has 0 radical (unpaired) electrons. The van der Waals surface area contributed by atoms with Crippen LogP contribution in [0.2, 0.25) is 0 Å². The summed E-state index contributed by atoms with van der Waals surface area (Å²) in [6, 6.07) is 10.0. The van der Waals surface area contributed by atoms with E-state index in [0.29, 0.717) is 22.5 Å². The van der Waals surface area contributed by atoms with E-state index >= 15 is 0 Å². The Morgan fingerprint density at radius 2 is 1.74 bits per heavy atom. The number of nitrogens with one attached hydrogen (secondary N) is 1. The highest BCUT2D eigenvalue weighted by Gasteiger charge is 2.20. The molecule has 0 bridgehead atoms. The van der Waals surface area contributed by atoms with Crippen LogP contribution in [0.3, 0.4) is 0 Å². The number of anilines is 1. The van der Waals surface area contributed by atoms with E-state index in [1.54, 1.807) is 48.8 Å². The molecule has 6 nitrogen and oxygen atoms in total. The Labute approximate surface area is 134 Å². The lowest BCUT2D eigenvalue weighted by molar-refractivity contribution is 0.402. The van der Waals surface area contributed by atoms with E-state index in [9.17, 15) is 8.42 Å². The highest BCUT2D eigenvalue weighted by atomic mass is 32.2. The zero-order chi connectivity index (χ0) is 16.4. The van der Waals surface area contributed by atoms with E-state index < -0.39 is 10.0 Å². The maximum absolute atomic E-state index is 12.6. The van der Waals surface area contributed by atoms with Gasteiger partial charge in [0.1, 0.15) is 10.6 Å². The van der Waals surface area contributed by atoms with Gasteiger partial charge in [-0.2, -0.15) is 0 Å². The summed E-state index contributed by atoms with van der Waals surface area (Å²) in [6.07, 6.45) is 3.15. The summed E-state index contributed by atoms with van der Waals surface area (Å²) in [5, 5.41) is 0. The number of fused-ring (bicyclic) bond motifs is 1. The van der Waals surface area contributed by atoms with Gasteiger partial charge in [-0.05, 0) is 42.8 Å². The molecule has 7 heteroatoms. The number of benzene rings is 2. The van der Waals surface area contributed by atoms with Crippen molar-refractivity contribution in [1.29, 1.82) is 0 Å². The van der Waals surface area contributed by atoms with Gasteiger partial charge in [-0.25, -0.2) is 8.42 Å². The van der Waals surface area contributed by atoms with E-state index in [4.69, 9.17) is 4.74 Å². The molecule has 23 heavy (non-hydrogen) atoms.